The summed E-state index contributed by atoms with van der Waals surface area (Å²) in [5, 5.41) is 2.75. The highest BCUT2D eigenvalue weighted by Crippen LogP contribution is 2.35. The molecule has 0 saturated carbocycles. The van der Waals surface area contributed by atoms with Crippen molar-refractivity contribution in [1.29, 1.82) is 0 Å². The van der Waals surface area contributed by atoms with Crippen LogP contribution in [0.25, 0.3) is 0 Å². The Balaban J connectivity index is 1.94. The van der Waals surface area contributed by atoms with E-state index in [1.54, 1.807) is 54.6 Å². The maximum Gasteiger partial charge on any atom is 0.264 e. The fraction of sp³-hybridized carbons (Fsp3) is 0.269. The first kappa shape index (κ1) is 25.9. The summed E-state index contributed by atoms with van der Waals surface area (Å²) in [4.78, 5) is 13.1. The van der Waals surface area contributed by atoms with Gasteiger partial charge in [0.25, 0.3) is 10.0 Å². The molecule has 9 heteroatoms. The first-order valence-corrected chi connectivity index (χ1v) is 12.5. The van der Waals surface area contributed by atoms with E-state index in [-0.39, 0.29) is 22.4 Å². The van der Waals surface area contributed by atoms with Gasteiger partial charge in [-0.05, 0) is 69.3 Å². The largest absolute Gasteiger partial charge is 0.497 e. The van der Waals surface area contributed by atoms with Crippen LogP contribution in [0, 0.1) is 6.92 Å². The number of aryl methyl sites for hydroxylation is 1. The minimum atomic E-state index is -4.10. The Morgan fingerprint density at radius 1 is 0.914 bits per heavy atom. The van der Waals surface area contributed by atoms with Gasteiger partial charge >= 0.3 is 0 Å². The lowest BCUT2D eigenvalue weighted by Gasteiger charge is -2.26. The smallest absolute Gasteiger partial charge is 0.264 e. The van der Waals surface area contributed by atoms with Gasteiger partial charge in [-0.25, -0.2) is 8.42 Å². The molecule has 1 amide bonds. The second-order valence-electron chi connectivity index (χ2n) is 8.10. The maximum atomic E-state index is 13.6. The van der Waals surface area contributed by atoms with Gasteiger partial charge in [0.1, 0.15) is 23.8 Å². The molecule has 0 aliphatic rings. The number of sulfonamides is 1. The summed E-state index contributed by atoms with van der Waals surface area (Å²) in [7, 11) is -1.17. The Labute approximate surface area is 206 Å². The molecule has 0 unspecified atom stereocenters. The molecule has 3 aromatic rings. The van der Waals surface area contributed by atoms with Crippen LogP contribution in [0.3, 0.4) is 0 Å². The van der Waals surface area contributed by atoms with Gasteiger partial charge < -0.3 is 19.5 Å². The molecule has 0 aliphatic carbocycles. The minimum absolute atomic E-state index is 0.0236. The number of hydrogen-bond acceptors (Lipinski definition) is 6. The summed E-state index contributed by atoms with van der Waals surface area (Å²) in [6.07, 6.45) is 0.0236. The fourth-order valence-electron chi connectivity index (χ4n) is 3.35. The van der Waals surface area contributed by atoms with Crippen LogP contribution in [0.15, 0.2) is 71.6 Å². The van der Waals surface area contributed by atoms with Crippen LogP contribution in [0.4, 0.5) is 11.4 Å². The Bertz CT molecular complexity index is 1260. The number of rotatable bonds is 10. The Morgan fingerprint density at radius 3 is 2.11 bits per heavy atom. The first-order valence-electron chi connectivity index (χ1n) is 11.0. The van der Waals surface area contributed by atoms with E-state index < -0.39 is 22.5 Å². The van der Waals surface area contributed by atoms with Crippen molar-refractivity contribution in [3.63, 3.8) is 0 Å². The number of hydrogen-bond donors (Lipinski definition) is 1. The van der Waals surface area contributed by atoms with Gasteiger partial charge in [-0.2, -0.15) is 0 Å². The molecule has 0 spiro atoms. The maximum absolute atomic E-state index is 13.6. The lowest BCUT2D eigenvalue weighted by atomic mass is 10.2. The highest BCUT2D eigenvalue weighted by molar-refractivity contribution is 7.92. The summed E-state index contributed by atoms with van der Waals surface area (Å²) in [6, 6.07) is 18.0. The summed E-state index contributed by atoms with van der Waals surface area (Å²) in [5.74, 6) is 0.898. The van der Waals surface area contributed by atoms with Gasteiger partial charge in [0.2, 0.25) is 5.91 Å². The number of ether oxygens (including phenoxy) is 3. The molecule has 35 heavy (non-hydrogen) atoms. The minimum Gasteiger partial charge on any atom is -0.497 e. The van der Waals surface area contributed by atoms with Crippen LogP contribution >= 0.6 is 0 Å². The van der Waals surface area contributed by atoms with Crippen LogP contribution in [0.5, 0.6) is 17.2 Å². The third kappa shape index (κ3) is 6.45. The molecule has 3 rings (SSSR count). The van der Waals surface area contributed by atoms with E-state index in [9.17, 15) is 13.2 Å². The fourth-order valence-corrected chi connectivity index (χ4v) is 4.78. The number of anilines is 2. The van der Waals surface area contributed by atoms with Crippen LogP contribution in [0.1, 0.15) is 19.4 Å². The molecular formula is C26H30N2O6S. The highest BCUT2D eigenvalue weighted by atomic mass is 32.2. The SMILES string of the molecule is COc1ccc(N(CC(=O)Nc2ccc(OC(C)C)cc2)S(=O)(=O)c2ccc(C)cc2)c(OC)c1. The second kappa shape index (κ2) is 11.1. The van der Waals surface area contributed by atoms with Gasteiger partial charge in [-0.15, -0.1) is 0 Å². The molecular weight excluding hydrogens is 468 g/mol. The zero-order valence-corrected chi connectivity index (χ0v) is 21.3. The number of carbonyl (C=O) groups is 1. The van der Waals surface area contributed by atoms with Crippen molar-refractivity contribution in [3.05, 3.63) is 72.3 Å². The van der Waals surface area contributed by atoms with Crippen LogP contribution in [-0.2, 0) is 14.8 Å². The van der Waals surface area contributed by atoms with Gasteiger partial charge in [0, 0.05) is 11.8 Å². The van der Waals surface area contributed by atoms with Crippen molar-refractivity contribution in [2.45, 2.75) is 31.8 Å². The standard InChI is InChI=1S/C26H30N2O6S/c1-18(2)34-21-10-8-20(9-11-21)27-26(29)17-28(24-15-12-22(32-4)16-25(24)33-5)35(30,31)23-13-6-19(3)7-14-23/h6-16,18H,17H2,1-5H3,(H,27,29). The Morgan fingerprint density at radius 2 is 1.54 bits per heavy atom. The average molecular weight is 499 g/mol. The number of methoxy groups -OCH3 is 2. The quantitative estimate of drug-likeness (QED) is 0.438. The van der Waals surface area contributed by atoms with Crippen LogP contribution in [-0.4, -0.2) is 41.2 Å². The number of benzene rings is 3. The van der Waals surface area contributed by atoms with Gasteiger partial charge in [0.15, 0.2) is 0 Å². The van der Waals surface area contributed by atoms with E-state index in [0.717, 1.165) is 9.87 Å². The molecule has 0 radical (unpaired) electrons. The lowest BCUT2D eigenvalue weighted by molar-refractivity contribution is -0.114. The van der Waals surface area contributed by atoms with E-state index in [4.69, 9.17) is 14.2 Å². The zero-order chi connectivity index (χ0) is 25.6. The molecule has 0 saturated heterocycles. The summed E-state index contributed by atoms with van der Waals surface area (Å²) < 4.78 is 44.6. The Hall–Kier alpha value is -3.72. The van der Waals surface area contributed by atoms with Crippen molar-refractivity contribution >= 4 is 27.3 Å². The topological polar surface area (TPSA) is 94.2 Å². The zero-order valence-electron chi connectivity index (χ0n) is 20.4. The molecule has 0 heterocycles. The summed E-state index contributed by atoms with van der Waals surface area (Å²) in [6.45, 7) is 5.24. The monoisotopic (exact) mass is 498 g/mol. The van der Waals surface area contributed by atoms with E-state index in [1.165, 1.54) is 26.4 Å². The summed E-state index contributed by atoms with van der Waals surface area (Å²) in [5.41, 5.74) is 1.64. The van der Waals surface area contributed by atoms with Crippen molar-refractivity contribution in [2.24, 2.45) is 0 Å². The molecule has 8 nitrogen and oxygen atoms in total. The normalized spacial score (nSPS) is 11.1. The van der Waals surface area contributed by atoms with Crippen molar-refractivity contribution in [2.75, 3.05) is 30.4 Å². The average Bonchev–Trinajstić information content (AvgIpc) is 2.83. The van der Waals surface area contributed by atoms with Crippen LogP contribution in [0.2, 0.25) is 0 Å². The number of amides is 1. The molecule has 1 N–H and O–H groups in total. The van der Waals surface area contributed by atoms with E-state index in [0.29, 0.717) is 17.2 Å². The molecule has 0 aliphatic heterocycles. The molecule has 0 atom stereocenters. The van der Waals surface area contributed by atoms with Crippen molar-refractivity contribution < 1.29 is 27.4 Å². The molecule has 186 valence electrons. The first-order chi connectivity index (χ1) is 16.6. The van der Waals surface area contributed by atoms with Gasteiger partial charge in [-0.3, -0.25) is 9.10 Å². The highest BCUT2D eigenvalue weighted by Gasteiger charge is 2.29. The predicted molar refractivity (Wildman–Crippen MR) is 136 cm³/mol. The van der Waals surface area contributed by atoms with E-state index in [2.05, 4.69) is 5.32 Å². The van der Waals surface area contributed by atoms with Crippen LogP contribution < -0.4 is 23.8 Å². The van der Waals surface area contributed by atoms with Gasteiger partial charge in [-0.1, -0.05) is 17.7 Å². The van der Waals surface area contributed by atoms with E-state index >= 15 is 0 Å². The predicted octanol–water partition coefficient (Wildman–Crippen LogP) is 4.63. The third-order valence-electron chi connectivity index (χ3n) is 5.06. The lowest BCUT2D eigenvalue weighted by Crippen LogP contribution is -2.38. The number of nitrogens with one attached hydrogen (secondary N) is 1. The molecule has 3 aromatic carbocycles. The van der Waals surface area contributed by atoms with E-state index in [1.807, 2.05) is 20.8 Å². The molecule has 0 bridgehead atoms. The van der Waals surface area contributed by atoms with Crippen molar-refractivity contribution in [1.82, 2.24) is 0 Å². The Kier molecular flexibility index (Phi) is 8.24. The number of nitrogens with zero attached hydrogens (tertiary/aromatic N) is 1. The third-order valence-corrected chi connectivity index (χ3v) is 6.84. The van der Waals surface area contributed by atoms with Gasteiger partial charge in [0.05, 0.1) is 30.9 Å². The summed E-state index contributed by atoms with van der Waals surface area (Å²) >= 11 is 0. The molecule has 0 fully saturated rings. The number of carbonyl (C=O) groups excluding carboxylic acids is 1. The molecule has 0 aromatic heterocycles. The van der Waals surface area contributed by atoms with Crippen molar-refractivity contribution in [3.8, 4) is 17.2 Å². The second-order valence-corrected chi connectivity index (χ2v) is 9.96.